The Bertz CT molecular complexity index is 667. The van der Waals surface area contributed by atoms with Gasteiger partial charge in [0.2, 0.25) is 0 Å². The van der Waals surface area contributed by atoms with Gasteiger partial charge in [-0.1, -0.05) is 11.6 Å². The van der Waals surface area contributed by atoms with Crippen LogP contribution in [0.15, 0.2) is 34.9 Å². The molecule has 0 saturated heterocycles. The monoisotopic (exact) mass is 337 g/mol. The van der Waals surface area contributed by atoms with Crippen molar-refractivity contribution < 1.29 is 14.7 Å². The number of hydrogen-bond donors (Lipinski definition) is 4. The number of hydrazine groups is 1. The van der Waals surface area contributed by atoms with Crippen molar-refractivity contribution in [3.63, 3.8) is 0 Å². The zero-order valence-corrected chi connectivity index (χ0v) is 12.1. The summed E-state index contributed by atoms with van der Waals surface area (Å²) in [5, 5.41) is 9.61. The first-order valence-corrected chi connectivity index (χ1v) is 6.51. The Morgan fingerprint density at radius 1 is 1.20 bits per heavy atom. The highest BCUT2D eigenvalue weighted by atomic mass is 79.9. The van der Waals surface area contributed by atoms with Crippen molar-refractivity contribution in [3.8, 4) is 5.75 Å². The molecule has 4 N–H and O–H groups in total. The molecule has 0 atom stereocenters. The molecule has 0 fully saturated rings. The summed E-state index contributed by atoms with van der Waals surface area (Å²) >= 11 is 3.20. The van der Waals surface area contributed by atoms with Gasteiger partial charge >= 0.3 is 0 Å². The number of amides is 2. The second-order valence-electron chi connectivity index (χ2n) is 4.16. The quantitative estimate of drug-likeness (QED) is 0.630. The van der Waals surface area contributed by atoms with Crippen LogP contribution in [0.2, 0.25) is 0 Å². The minimum atomic E-state index is -0.592. The number of hydrogen-bond acceptors (Lipinski definition) is 3. The van der Waals surface area contributed by atoms with E-state index in [0.717, 1.165) is 10.0 Å². The Balaban J connectivity index is 2.02. The largest absolute Gasteiger partial charge is 0.507 e. The smallest absolute Gasteiger partial charge is 0.286 e. The van der Waals surface area contributed by atoms with Gasteiger partial charge in [-0.2, -0.15) is 0 Å². The molecule has 7 heteroatoms. The van der Waals surface area contributed by atoms with Crippen LogP contribution in [0, 0.1) is 6.92 Å². The van der Waals surface area contributed by atoms with Crippen LogP contribution in [0.3, 0.4) is 0 Å². The number of halogens is 1. The fourth-order valence-electron chi connectivity index (χ4n) is 1.58. The first-order valence-electron chi connectivity index (χ1n) is 5.71. The molecule has 0 radical (unpaired) electrons. The van der Waals surface area contributed by atoms with Gasteiger partial charge in [-0.3, -0.25) is 20.4 Å². The van der Waals surface area contributed by atoms with Crippen molar-refractivity contribution in [2.45, 2.75) is 6.92 Å². The maximum atomic E-state index is 11.9. The number of phenolic OH excluding ortho intramolecular Hbond substituents is 1. The lowest BCUT2D eigenvalue weighted by Gasteiger charge is -2.08. The first-order chi connectivity index (χ1) is 9.47. The number of benzene rings is 1. The van der Waals surface area contributed by atoms with Crippen LogP contribution < -0.4 is 10.9 Å². The fourth-order valence-corrected chi connectivity index (χ4v) is 1.92. The maximum absolute atomic E-state index is 11.9. The van der Waals surface area contributed by atoms with E-state index in [-0.39, 0.29) is 11.3 Å². The molecular formula is C13H12BrN3O3. The van der Waals surface area contributed by atoms with Gasteiger partial charge in [-0.25, -0.2) is 0 Å². The Hall–Kier alpha value is -2.28. The van der Waals surface area contributed by atoms with E-state index < -0.39 is 11.8 Å². The predicted molar refractivity (Wildman–Crippen MR) is 76.3 cm³/mol. The van der Waals surface area contributed by atoms with Crippen molar-refractivity contribution in [3.05, 3.63) is 51.8 Å². The van der Waals surface area contributed by atoms with E-state index in [4.69, 9.17) is 0 Å². The summed E-state index contributed by atoms with van der Waals surface area (Å²) in [6, 6.07) is 6.21. The summed E-state index contributed by atoms with van der Waals surface area (Å²) < 4.78 is 0.727. The molecule has 1 heterocycles. The zero-order valence-electron chi connectivity index (χ0n) is 10.5. The number of phenols is 1. The van der Waals surface area contributed by atoms with Gasteiger partial charge in [0, 0.05) is 10.7 Å². The van der Waals surface area contributed by atoms with Gasteiger partial charge in [0.25, 0.3) is 11.8 Å². The summed E-state index contributed by atoms with van der Waals surface area (Å²) in [5.74, 6) is -1.23. The van der Waals surface area contributed by atoms with Gasteiger partial charge in [0.05, 0.1) is 5.56 Å². The van der Waals surface area contributed by atoms with E-state index >= 15 is 0 Å². The van der Waals surface area contributed by atoms with E-state index in [1.165, 1.54) is 12.1 Å². The molecule has 2 rings (SSSR count). The summed E-state index contributed by atoms with van der Waals surface area (Å²) in [6.07, 6.45) is 1.60. The third-order valence-corrected chi connectivity index (χ3v) is 3.04. The van der Waals surface area contributed by atoms with Gasteiger partial charge in [0.1, 0.15) is 11.4 Å². The molecule has 0 unspecified atom stereocenters. The van der Waals surface area contributed by atoms with E-state index in [9.17, 15) is 14.7 Å². The molecule has 0 saturated carbocycles. The second-order valence-corrected chi connectivity index (χ2v) is 5.08. The molecule has 2 amide bonds. The Labute approximate surface area is 123 Å². The molecule has 104 valence electrons. The van der Waals surface area contributed by atoms with Crippen LogP contribution in [0.1, 0.15) is 26.4 Å². The second kappa shape index (κ2) is 5.79. The standard InChI is InChI=1S/C13H12BrN3O3/c1-7-2-3-11(18)9(4-7)12(19)16-17-13(20)10-5-8(14)6-15-10/h2-6,15,18H,1H3,(H,16,19)(H,17,20). The van der Waals surface area contributed by atoms with Crippen LogP contribution in [0.25, 0.3) is 0 Å². The van der Waals surface area contributed by atoms with Gasteiger partial charge in [0.15, 0.2) is 0 Å². The summed E-state index contributed by atoms with van der Waals surface area (Å²) in [7, 11) is 0. The molecule has 0 bridgehead atoms. The average Bonchev–Trinajstić information content (AvgIpc) is 2.85. The van der Waals surface area contributed by atoms with Crippen LogP contribution in [0.4, 0.5) is 0 Å². The zero-order chi connectivity index (χ0) is 14.7. The highest BCUT2D eigenvalue weighted by Gasteiger charge is 2.13. The van der Waals surface area contributed by atoms with E-state index in [1.807, 2.05) is 0 Å². The minimum Gasteiger partial charge on any atom is -0.507 e. The highest BCUT2D eigenvalue weighted by molar-refractivity contribution is 9.10. The highest BCUT2D eigenvalue weighted by Crippen LogP contribution is 2.17. The molecule has 0 aliphatic rings. The third-order valence-electron chi connectivity index (χ3n) is 2.58. The topological polar surface area (TPSA) is 94.2 Å². The van der Waals surface area contributed by atoms with Crippen LogP contribution in [-0.2, 0) is 0 Å². The van der Waals surface area contributed by atoms with E-state index in [1.54, 1.807) is 25.3 Å². The summed E-state index contributed by atoms with van der Waals surface area (Å²) in [6.45, 7) is 1.80. The molecular weight excluding hydrogens is 326 g/mol. The fraction of sp³-hybridized carbons (Fsp3) is 0.0769. The van der Waals surface area contributed by atoms with Crippen molar-refractivity contribution in [2.75, 3.05) is 0 Å². The number of aromatic hydroxyl groups is 1. The number of aromatic nitrogens is 1. The molecule has 6 nitrogen and oxygen atoms in total. The number of carbonyl (C=O) groups excluding carboxylic acids is 2. The lowest BCUT2D eigenvalue weighted by molar-refractivity contribution is 0.0842. The van der Waals surface area contributed by atoms with Crippen molar-refractivity contribution >= 4 is 27.7 Å². The number of nitrogens with one attached hydrogen (secondary N) is 3. The number of rotatable bonds is 2. The van der Waals surface area contributed by atoms with Crippen LogP contribution in [-0.4, -0.2) is 21.9 Å². The van der Waals surface area contributed by atoms with Gasteiger partial charge in [-0.15, -0.1) is 0 Å². The SMILES string of the molecule is Cc1ccc(O)c(C(=O)NNC(=O)c2cc(Br)c[nH]2)c1. The number of H-pyrrole nitrogens is 1. The maximum Gasteiger partial charge on any atom is 0.286 e. The average molecular weight is 338 g/mol. The Kier molecular flexibility index (Phi) is 4.09. The van der Waals surface area contributed by atoms with E-state index in [2.05, 4.69) is 31.8 Å². The first kappa shape index (κ1) is 14.1. The van der Waals surface area contributed by atoms with Gasteiger partial charge in [-0.05, 0) is 41.1 Å². The molecule has 2 aromatic rings. The third kappa shape index (κ3) is 3.18. The molecule has 0 aliphatic heterocycles. The van der Waals surface area contributed by atoms with Crippen LogP contribution >= 0.6 is 15.9 Å². The Morgan fingerprint density at radius 2 is 1.90 bits per heavy atom. The van der Waals surface area contributed by atoms with E-state index in [0.29, 0.717) is 5.69 Å². The predicted octanol–water partition coefficient (Wildman–Crippen LogP) is 1.87. The number of carbonyl (C=O) groups is 2. The minimum absolute atomic E-state index is 0.0953. The Morgan fingerprint density at radius 3 is 2.55 bits per heavy atom. The summed E-state index contributed by atoms with van der Waals surface area (Å²) in [5.41, 5.74) is 5.71. The molecule has 20 heavy (non-hydrogen) atoms. The van der Waals surface area contributed by atoms with Crippen molar-refractivity contribution in [2.24, 2.45) is 0 Å². The van der Waals surface area contributed by atoms with Crippen LogP contribution in [0.5, 0.6) is 5.75 Å². The van der Waals surface area contributed by atoms with Crippen molar-refractivity contribution in [1.29, 1.82) is 0 Å². The molecule has 0 spiro atoms. The molecule has 1 aromatic carbocycles. The number of aryl methyl sites for hydroxylation is 1. The summed E-state index contributed by atoms with van der Waals surface area (Å²) in [4.78, 5) is 26.3. The normalized spacial score (nSPS) is 10.1. The molecule has 1 aromatic heterocycles. The van der Waals surface area contributed by atoms with Gasteiger partial charge < -0.3 is 10.1 Å². The lowest BCUT2D eigenvalue weighted by Crippen LogP contribution is -2.41. The number of aromatic amines is 1. The lowest BCUT2D eigenvalue weighted by atomic mass is 10.1. The molecule has 0 aliphatic carbocycles. The van der Waals surface area contributed by atoms with Crippen molar-refractivity contribution in [1.82, 2.24) is 15.8 Å².